The lowest BCUT2D eigenvalue weighted by Gasteiger charge is -2.21. The molecule has 0 aliphatic carbocycles. The molecule has 0 aliphatic rings. The van der Waals surface area contributed by atoms with Crippen molar-refractivity contribution in [3.05, 3.63) is 0 Å². The quantitative estimate of drug-likeness (QED) is 0.0222. The largest absolute Gasteiger partial charge is 0.472 e. The molecule has 17 nitrogen and oxygen atoms in total. The Balaban J connectivity index is 5.20. The number of unbranched alkanes of at least 4 members (excludes halogenated alkanes) is 37. The highest BCUT2D eigenvalue weighted by molar-refractivity contribution is 7.47. The third-order valence-electron chi connectivity index (χ3n) is 18.9. The number of hydrogen-bond donors (Lipinski definition) is 3. The number of aliphatic hydroxyl groups excluding tert-OH is 1. The van der Waals surface area contributed by atoms with E-state index in [1.54, 1.807) is 0 Å². The first kappa shape index (κ1) is 94.1. The maximum absolute atomic E-state index is 13.1. The van der Waals surface area contributed by atoms with Crippen LogP contribution in [0.3, 0.4) is 0 Å². The molecule has 0 bridgehead atoms. The van der Waals surface area contributed by atoms with Gasteiger partial charge in [0.25, 0.3) is 0 Å². The zero-order valence-electron chi connectivity index (χ0n) is 63.0. The van der Waals surface area contributed by atoms with Crippen LogP contribution in [-0.2, 0) is 65.4 Å². The van der Waals surface area contributed by atoms with E-state index in [9.17, 15) is 43.2 Å². The van der Waals surface area contributed by atoms with E-state index in [0.717, 1.165) is 120 Å². The first-order valence-corrected chi connectivity index (χ1v) is 42.8. The van der Waals surface area contributed by atoms with Crippen LogP contribution in [0.5, 0.6) is 0 Å². The Hall–Kier alpha value is -1.94. The highest BCUT2D eigenvalue weighted by atomic mass is 31.2. The van der Waals surface area contributed by atoms with Gasteiger partial charge in [0.1, 0.15) is 19.3 Å². The SMILES string of the molecule is CCC(C)CCCCCCCCCCCCCCCCCCCCC(=O)O[C@H](COC(=O)CCCCCCCCCCC(C)CC)COP(=O)(O)OC[C@@H](O)COP(=O)(O)OC[C@@H](COC(=O)CCCCCCCCC(C)CC)OC(=O)CCCCCCCCCCCC(C)C. The van der Waals surface area contributed by atoms with Crippen molar-refractivity contribution in [3.8, 4) is 0 Å². The average Bonchev–Trinajstić information content (AvgIpc) is 1.14. The summed E-state index contributed by atoms with van der Waals surface area (Å²) < 4.78 is 68.5. The van der Waals surface area contributed by atoms with Crippen molar-refractivity contribution < 1.29 is 80.2 Å². The van der Waals surface area contributed by atoms with E-state index in [2.05, 4.69) is 55.4 Å². The van der Waals surface area contributed by atoms with E-state index in [1.807, 2.05) is 0 Å². The van der Waals surface area contributed by atoms with Gasteiger partial charge in [0.15, 0.2) is 12.2 Å². The van der Waals surface area contributed by atoms with E-state index < -0.39 is 97.5 Å². The van der Waals surface area contributed by atoms with Crippen molar-refractivity contribution in [2.45, 2.75) is 408 Å². The summed E-state index contributed by atoms with van der Waals surface area (Å²) in [7, 11) is -9.91. The topological polar surface area (TPSA) is 237 Å². The molecule has 0 saturated carbocycles. The van der Waals surface area contributed by atoms with E-state index in [1.165, 1.54) is 186 Å². The lowest BCUT2D eigenvalue weighted by molar-refractivity contribution is -0.161. The van der Waals surface area contributed by atoms with E-state index in [0.29, 0.717) is 25.7 Å². The minimum atomic E-state index is -4.96. The fraction of sp³-hybridized carbons (Fsp3) is 0.948. The van der Waals surface area contributed by atoms with Crippen LogP contribution < -0.4 is 0 Å². The smallest absolute Gasteiger partial charge is 0.462 e. The molecule has 0 saturated heterocycles. The third-order valence-corrected chi connectivity index (χ3v) is 20.8. The van der Waals surface area contributed by atoms with Gasteiger partial charge in [0.05, 0.1) is 26.4 Å². The van der Waals surface area contributed by atoms with Crippen LogP contribution >= 0.6 is 15.6 Å². The van der Waals surface area contributed by atoms with Crippen LogP contribution in [0.25, 0.3) is 0 Å². The molecular weight excluding hydrogens is 1260 g/mol. The number of hydrogen-bond acceptors (Lipinski definition) is 15. The molecule has 96 heavy (non-hydrogen) atoms. The van der Waals surface area contributed by atoms with Crippen molar-refractivity contribution in [2.75, 3.05) is 39.6 Å². The van der Waals surface area contributed by atoms with E-state index in [-0.39, 0.29) is 25.7 Å². The van der Waals surface area contributed by atoms with Gasteiger partial charge in [-0.05, 0) is 49.4 Å². The first-order chi connectivity index (χ1) is 46.2. The number of phosphoric ester groups is 2. The Kier molecular flexibility index (Phi) is 65.0. The lowest BCUT2D eigenvalue weighted by Crippen LogP contribution is -2.30. The Morgan fingerprint density at radius 2 is 0.500 bits per heavy atom. The Morgan fingerprint density at radius 3 is 0.740 bits per heavy atom. The van der Waals surface area contributed by atoms with Crippen LogP contribution in [0.2, 0.25) is 0 Å². The molecular formula is C77H150O17P2. The average molecular weight is 1410 g/mol. The summed E-state index contributed by atoms with van der Waals surface area (Å²) in [5.74, 6) is 0.993. The van der Waals surface area contributed by atoms with Crippen LogP contribution in [0.15, 0.2) is 0 Å². The minimum Gasteiger partial charge on any atom is -0.462 e. The predicted octanol–water partition coefficient (Wildman–Crippen LogP) is 22.4. The van der Waals surface area contributed by atoms with Crippen molar-refractivity contribution in [1.29, 1.82) is 0 Å². The normalized spacial score (nSPS) is 15.0. The number of aliphatic hydroxyl groups is 1. The van der Waals surface area contributed by atoms with Gasteiger partial charge in [0, 0.05) is 25.7 Å². The maximum atomic E-state index is 13.1. The third kappa shape index (κ3) is 66.6. The summed E-state index contributed by atoms with van der Waals surface area (Å²) in [6, 6.07) is 0. The summed E-state index contributed by atoms with van der Waals surface area (Å²) in [5.41, 5.74) is 0. The minimum absolute atomic E-state index is 0.104. The summed E-state index contributed by atoms with van der Waals surface area (Å²) >= 11 is 0. The summed E-state index contributed by atoms with van der Waals surface area (Å²) in [6.07, 6.45) is 51.4. The number of ether oxygens (including phenoxy) is 4. The molecule has 0 radical (unpaired) electrons. The van der Waals surface area contributed by atoms with Gasteiger partial charge in [-0.2, -0.15) is 0 Å². The zero-order chi connectivity index (χ0) is 71.0. The molecule has 0 fully saturated rings. The highest BCUT2D eigenvalue weighted by Crippen LogP contribution is 2.45. The molecule has 3 N–H and O–H groups in total. The van der Waals surface area contributed by atoms with Gasteiger partial charge in [-0.1, -0.05) is 338 Å². The standard InChI is InChI=1S/C77H150O17P2/c1-9-68(6)54-46-38-30-24-20-18-16-14-12-13-15-17-19-21-25-33-43-51-59-76(81)93-72(63-87-74(79)57-49-41-32-28-27-31-39-47-55-69(7)10-2)65-91-95(83,84)89-61-71(78)62-90-96(85,86)92-66-73(64-88-75(80)58-50-42-36-35-40-48-56-70(8)11-3)94-77(82)60-52-44-34-26-22-23-29-37-45-53-67(4)5/h67-73,78H,9-66H2,1-8H3,(H,83,84)(H,85,86)/t68?,69?,70?,71-,72-,73-/m1/s1. The molecule has 19 heteroatoms. The maximum Gasteiger partial charge on any atom is 0.472 e. The molecule has 0 aromatic heterocycles. The molecule has 0 amide bonds. The fourth-order valence-corrected chi connectivity index (χ4v) is 13.2. The molecule has 0 aliphatic heterocycles. The number of rotatable bonds is 74. The van der Waals surface area contributed by atoms with Crippen molar-refractivity contribution in [3.63, 3.8) is 0 Å². The second kappa shape index (κ2) is 66.3. The Bertz CT molecular complexity index is 1890. The predicted molar refractivity (Wildman–Crippen MR) is 391 cm³/mol. The molecule has 0 aromatic carbocycles. The molecule has 570 valence electrons. The van der Waals surface area contributed by atoms with E-state index >= 15 is 0 Å². The summed E-state index contributed by atoms with van der Waals surface area (Å²) in [5, 5.41) is 10.6. The monoisotopic (exact) mass is 1410 g/mol. The van der Waals surface area contributed by atoms with Crippen molar-refractivity contribution in [1.82, 2.24) is 0 Å². The van der Waals surface area contributed by atoms with Gasteiger partial charge >= 0.3 is 39.5 Å². The molecule has 5 unspecified atom stereocenters. The second-order valence-corrected chi connectivity index (χ2v) is 31.9. The molecule has 0 rings (SSSR count). The van der Waals surface area contributed by atoms with Crippen LogP contribution in [0.4, 0.5) is 0 Å². The number of carbonyl (C=O) groups is 4. The molecule has 0 aromatic rings. The Labute approximate surface area is 588 Å². The number of carbonyl (C=O) groups excluding carboxylic acids is 4. The van der Waals surface area contributed by atoms with Crippen LogP contribution in [0.1, 0.15) is 389 Å². The molecule has 0 spiro atoms. The van der Waals surface area contributed by atoms with Gasteiger partial charge in [-0.25, -0.2) is 9.13 Å². The highest BCUT2D eigenvalue weighted by Gasteiger charge is 2.30. The van der Waals surface area contributed by atoms with Gasteiger partial charge in [-0.15, -0.1) is 0 Å². The zero-order valence-corrected chi connectivity index (χ0v) is 64.8. The van der Waals surface area contributed by atoms with E-state index in [4.69, 9.17) is 37.0 Å². The van der Waals surface area contributed by atoms with Crippen LogP contribution in [0, 0.1) is 23.7 Å². The Morgan fingerprint density at radius 1 is 0.292 bits per heavy atom. The molecule has 8 atom stereocenters. The second-order valence-electron chi connectivity index (χ2n) is 28.9. The van der Waals surface area contributed by atoms with Gasteiger partial charge in [0.2, 0.25) is 0 Å². The van der Waals surface area contributed by atoms with Crippen LogP contribution in [-0.4, -0.2) is 96.7 Å². The molecule has 0 heterocycles. The summed E-state index contributed by atoms with van der Waals surface area (Å²) in [4.78, 5) is 72.8. The fourth-order valence-electron chi connectivity index (χ4n) is 11.6. The van der Waals surface area contributed by atoms with Gasteiger partial charge in [-0.3, -0.25) is 37.3 Å². The number of phosphoric acid groups is 2. The van der Waals surface area contributed by atoms with Gasteiger partial charge < -0.3 is 33.8 Å². The lowest BCUT2D eigenvalue weighted by atomic mass is 9.99. The first-order valence-electron chi connectivity index (χ1n) is 39.8. The summed E-state index contributed by atoms with van der Waals surface area (Å²) in [6.45, 7) is 14.2. The van der Waals surface area contributed by atoms with Crippen molar-refractivity contribution >= 4 is 39.5 Å². The number of esters is 4. The van der Waals surface area contributed by atoms with Crippen molar-refractivity contribution in [2.24, 2.45) is 23.7 Å².